The molecule has 7 nitrogen and oxygen atoms in total. The second-order valence-corrected chi connectivity index (χ2v) is 10.1. The second kappa shape index (κ2) is 10.0. The van der Waals surface area contributed by atoms with Crippen molar-refractivity contribution in [2.45, 2.75) is 59.5 Å². The Morgan fingerprint density at radius 2 is 1.56 bits per heavy atom. The number of anilines is 1. The molecule has 0 unspecified atom stereocenters. The van der Waals surface area contributed by atoms with Crippen molar-refractivity contribution in [3.05, 3.63) is 71.9 Å². The van der Waals surface area contributed by atoms with E-state index in [1.807, 2.05) is 52.0 Å². The van der Waals surface area contributed by atoms with Crippen LogP contribution in [0.4, 0.5) is 10.5 Å². The maximum absolute atomic E-state index is 12.5. The minimum Gasteiger partial charge on any atom is -0.488 e. The molecule has 0 atom stereocenters. The van der Waals surface area contributed by atoms with Crippen molar-refractivity contribution in [1.29, 1.82) is 0 Å². The van der Waals surface area contributed by atoms with E-state index >= 15 is 0 Å². The van der Waals surface area contributed by atoms with Crippen molar-refractivity contribution in [1.82, 2.24) is 10.5 Å². The highest BCUT2D eigenvalue weighted by molar-refractivity contribution is 5.90. The molecule has 34 heavy (non-hydrogen) atoms. The number of benzene rings is 2. The van der Waals surface area contributed by atoms with Crippen molar-refractivity contribution in [2.75, 3.05) is 5.32 Å². The van der Waals surface area contributed by atoms with Crippen molar-refractivity contribution in [3.63, 3.8) is 0 Å². The van der Waals surface area contributed by atoms with Crippen LogP contribution in [0.25, 0.3) is 0 Å². The summed E-state index contributed by atoms with van der Waals surface area (Å²) in [5, 5.41) is 2.76. The fourth-order valence-corrected chi connectivity index (χ4v) is 3.19. The summed E-state index contributed by atoms with van der Waals surface area (Å²) < 4.78 is 11.9. The predicted molar refractivity (Wildman–Crippen MR) is 134 cm³/mol. The molecule has 3 aromatic rings. The molecule has 0 radical (unpaired) electrons. The third kappa shape index (κ3) is 7.13. The van der Waals surface area contributed by atoms with Gasteiger partial charge in [-0.15, -0.1) is 0 Å². The first-order valence-corrected chi connectivity index (χ1v) is 11.2. The molecule has 2 aromatic carbocycles. The predicted octanol–water partition coefficient (Wildman–Crippen LogP) is 6.77. The molecule has 0 aliphatic heterocycles. The van der Waals surface area contributed by atoms with Gasteiger partial charge in [0.15, 0.2) is 5.75 Å². The summed E-state index contributed by atoms with van der Waals surface area (Å²) in [5.41, 5.74) is 4.32. The number of rotatable bonds is 6. The number of aryl methyl sites for hydroxylation is 1. The van der Waals surface area contributed by atoms with E-state index in [2.05, 4.69) is 36.6 Å². The lowest BCUT2D eigenvalue weighted by atomic mass is 9.86. The Kier molecular flexibility index (Phi) is 7.35. The van der Waals surface area contributed by atoms with Crippen LogP contribution >= 0.6 is 0 Å². The number of nitrogens with one attached hydrogen (secondary N) is 2. The van der Waals surface area contributed by atoms with Crippen LogP contribution in [0.3, 0.4) is 0 Å². The fraction of sp³-hybridized carbons (Fsp3) is 0.333. The van der Waals surface area contributed by atoms with E-state index in [1.54, 1.807) is 36.5 Å². The van der Waals surface area contributed by atoms with Gasteiger partial charge in [-0.2, -0.15) is 5.48 Å². The van der Waals surface area contributed by atoms with E-state index in [1.165, 1.54) is 0 Å². The summed E-state index contributed by atoms with van der Waals surface area (Å²) in [6.07, 6.45) is 1.69. The Labute approximate surface area is 201 Å². The summed E-state index contributed by atoms with van der Waals surface area (Å²) in [6.45, 7) is 14.2. The van der Waals surface area contributed by atoms with Crippen molar-refractivity contribution >= 4 is 11.7 Å². The van der Waals surface area contributed by atoms with Crippen molar-refractivity contribution in [2.24, 2.45) is 0 Å². The molecule has 0 spiro atoms. The Morgan fingerprint density at radius 3 is 2.21 bits per heavy atom. The van der Waals surface area contributed by atoms with Crippen LogP contribution in [-0.2, 0) is 5.41 Å². The Hall–Kier alpha value is -3.74. The molecule has 2 N–H and O–H groups in total. The van der Waals surface area contributed by atoms with Gasteiger partial charge in [0.2, 0.25) is 5.88 Å². The molecule has 0 saturated carbocycles. The van der Waals surface area contributed by atoms with Crippen molar-refractivity contribution in [3.8, 4) is 23.1 Å². The molecule has 0 aliphatic rings. The monoisotopic (exact) mass is 463 g/mol. The van der Waals surface area contributed by atoms with Gasteiger partial charge in [-0.3, -0.25) is 0 Å². The van der Waals surface area contributed by atoms with Crippen LogP contribution in [0.15, 0.2) is 60.8 Å². The van der Waals surface area contributed by atoms with Crippen LogP contribution in [0.1, 0.15) is 52.7 Å². The number of hydrogen-bond acceptors (Lipinski definition) is 5. The zero-order chi connectivity index (χ0) is 24.9. The summed E-state index contributed by atoms with van der Waals surface area (Å²) in [7, 11) is 0. The van der Waals surface area contributed by atoms with Gasteiger partial charge in [0.25, 0.3) is 0 Å². The Balaban J connectivity index is 1.68. The van der Waals surface area contributed by atoms with Crippen molar-refractivity contribution < 1.29 is 19.1 Å². The highest BCUT2D eigenvalue weighted by atomic mass is 16.7. The Morgan fingerprint density at radius 1 is 0.912 bits per heavy atom. The molecule has 180 valence electrons. The van der Waals surface area contributed by atoms with Gasteiger partial charge in [-0.25, -0.2) is 9.78 Å². The largest absolute Gasteiger partial charge is 0.488 e. The maximum atomic E-state index is 12.5. The summed E-state index contributed by atoms with van der Waals surface area (Å²) in [5.74, 6) is 2.16. The lowest BCUT2D eigenvalue weighted by Gasteiger charge is -2.23. The number of aromatic nitrogens is 1. The first-order chi connectivity index (χ1) is 15.9. The Bertz CT molecular complexity index is 1130. The standard InChI is InChI=1S/C27H33N3O4/c1-18-16-22(24(28-17-18)32-23-11-9-8-10-21(23)26(2,3)4)29-25(31)30-34-20-14-12-19(13-15-20)33-27(5,6)7/h8-17H,1-7H3,(H2,29,30,31). The highest BCUT2D eigenvalue weighted by Crippen LogP contribution is 2.35. The summed E-state index contributed by atoms with van der Waals surface area (Å²) in [6, 6.07) is 16.0. The lowest BCUT2D eigenvalue weighted by Crippen LogP contribution is -2.31. The topological polar surface area (TPSA) is 81.7 Å². The number of hydrogen-bond donors (Lipinski definition) is 2. The number of nitrogens with zero attached hydrogens (tertiary/aromatic N) is 1. The first-order valence-electron chi connectivity index (χ1n) is 11.2. The third-order valence-electron chi connectivity index (χ3n) is 4.65. The average Bonchev–Trinajstić information content (AvgIpc) is 2.74. The molecule has 7 heteroatoms. The molecule has 3 rings (SSSR count). The molecule has 1 heterocycles. The molecule has 0 bridgehead atoms. The van der Waals surface area contributed by atoms with Gasteiger partial charge >= 0.3 is 6.03 Å². The SMILES string of the molecule is Cc1cnc(Oc2ccccc2C(C)(C)C)c(NC(=O)NOc2ccc(OC(C)(C)C)cc2)c1. The van der Waals surface area contributed by atoms with Crippen LogP contribution in [0.2, 0.25) is 0 Å². The zero-order valence-corrected chi connectivity index (χ0v) is 20.9. The number of carbonyl (C=O) groups is 1. The van der Waals surface area contributed by atoms with Gasteiger partial charge in [0, 0.05) is 11.8 Å². The van der Waals surface area contributed by atoms with E-state index in [-0.39, 0.29) is 11.0 Å². The lowest BCUT2D eigenvalue weighted by molar-refractivity contribution is 0.130. The molecule has 0 fully saturated rings. The number of para-hydroxylation sites is 1. The number of amides is 2. The van der Waals surface area contributed by atoms with Gasteiger partial charge in [-0.1, -0.05) is 39.0 Å². The average molecular weight is 464 g/mol. The van der Waals surface area contributed by atoms with Crippen LogP contribution < -0.4 is 25.1 Å². The van der Waals surface area contributed by atoms with Crippen LogP contribution in [0.5, 0.6) is 23.1 Å². The maximum Gasteiger partial charge on any atom is 0.352 e. The molecular formula is C27H33N3O4. The summed E-state index contributed by atoms with van der Waals surface area (Å²) >= 11 is 0. The van der Waals surface area contributed by atoms with E-state index < -0.39 is 6.03 Å². The highest BCUT2D eigenvalue weighted by Gasteiger charge is 2.20. The van der Waals surface area contributed by atoms with Crippen LogP contribution in [-0.4, -0.2) is 16.6 Å². The normalized spacial score (nSPS) is 11.5. The van der Waals surface area contributed by atoms with Gasteiger partial charge in [-0.05, 0) is 75.1 Å². The quantitative estimate of drug-likeness (QED) is 0.394. The first kappa shape index (κ1) is 24.9. The number of pyridine rings is 1. The van der Waals surface area contributed by atoms with E-state index in [0.29, 0.717) is 28.8 Å². The smallest absolute Gasteiger partial charge is 0.352 e. The number of carbonyl (C=O) groups excluding carboxylic acids is 1. The van der Waals surface area contributed by atoms with Gasteiger partial charge in [0.1, 0.15) is 22.8 Å². The third-order valence-corrected chi connectivity index (χ3v) is 4.65. The number of ether oxygens (including phenoxy) is 2. The number of urea groups is 1. The van der Waals surface area contributed by atoms with Gasteiger partial charge < -0.3 is 19.6 Å². The number of hydroxylamine groups is 1. The second-order valence-electron chi connectivity index (χ2n) is 10.1. The zero-order valence-electron chi connectivity index (χ0n) is 20.9. The molecule has 0 aliphatic carbocycles. The minimum atomic E-state index is -0.559. The fourth-order valence-electron chi connectivity index (χ4n) is 3.19. The van der Waals surface area contributed by atoms with E-state index in [0.717, 1.165) is 11.1 Å². The summed E-state index contributed by atoms with van der Waals surface area (Å²) in [4.78, 5) is 22.3. The van der Waals surface area contributed by atoms with E-state index in [4.69, 9.17) is 14.3 Å². The van der Waals surface area contributed by atoms with E-state index in [9.17, 15) is 4.79 Å². The molecule has 1 aromatic heterocycles. The molecular weight excluding hydrogens is 430 g/mol. The van der Waals surface area contributed by atoms with Crippen LogP contribution in [0, 0.1) is 6.92 Å². The van der Waals surface area contributed by atoms with Gasteiger partial charge in [0.05, 0.1) is 0 Å². The molecule has 2 amide bonds. The minimum absolute atomic E-state index is 0.117. The molecule has 0 saturated heterocycles.